The molecule has 114 valence electrons. The number of aryl methyl sites for hydroxylation is 1. The molecule has 1 N–H and O–H groups in total. The number of fused-ring (bicyclic) bond motifs is 1. The van der Waals surface area contributed by atoms with Crippen molar-refractivity contribution < 1.29 is 9.90 Å². The van der Waals surface area contributed by atoms with Crippen LogP contribution in [0.1, 0.15) is 29.1 Å². The summed E-state index contributed by atoms with van der Waals surface area (Å²) < 4.78 is 1.00. The molecular formula is C16H16BrN3O2. The predicted octanol–water partition coefficient (Wildman–Crippen LogP) is 2.52. The highest BCUT2D eigenvalue weighted by molar-refractivity contribution is 9.10. The third-order valence-electron chi connectivity index (χ3n) is 3.78. The number of nitrogens with zero attached hydrogens (tertiary/aromatic N) is 3. The zero-order valence-electron chi connectivity index (χ0n) is 12.2. The molecule has 0 spiro atoms. The van der Waals surface area contributed by atoms with Gasteiger partial charge in [0.15, 0.2) is 5.82 Å². The molecule has 0 bridgehead atoms. The lowest BCUT2D eigenvalue weighted by atomic mass is 10.0. The van der Waals surface area contributed by atoms with Crippen molar-refractivity contribution in [2.75, 3.05) is 4.90 Å². The molecule has 0 atom stereocenters. The summed E-state index contributed by atoms with van der Waals surface area (Å²) in [7, 11) is 0. The summed E-state index contributed by atoms with van der Waals surface area (Å²) in [5.74, 6) is 1.04. The van der Waals surface area contributed by atoms with E-state index in [4.69, 9.17) is 0 Å². The fraction of sp³-hybridized carbons (Fsp3) is 0.312. The van der Waals surface area contributed by atoms with E-state index in [2.05, 4.69) is 25.9 Å². The van der Waals surface area contributed by atoms with Gasteiger partial charge in [0.2, 0.25) is 5.91 Å². The average Bonchev–Trinajstić information content (AvgIpc) is 2.52. The van der Waals surface area contributed by atoms with Gasteiger partial charge < -0.3 is 5.11 Å². The zero-order valence-corrected chi connectivity index (χ0v) is 13.8. The Labute approximate surface area is 137 Å². The summed E-state index contributed by atoms with van der Waals surface area (Å²) in [6.07, 6.45) is 1.12. The van der Waals surface area contributed by atoms with Crippen molar-refractivity contribution in [3.8, 4) is 0 Å². The summed E-state index contributed by atoms with van der Waals surface area (Å²) in [6, 6.07) is 7.86. The minimum absolute atomic E-state index is 0.0532. The molecule has 1 amide bonds. The Morgan fingerprint density at radius 2 is 1.95 bits per heavy atom. The summed E-state index contributed by atoms with van der Waals surface area (Å²) >= 11 is 3.41. The van der Waals surface area contributed by atoms with E-state index in [-0.39, 0.29) is 12.5 Å². The molecule has 1 aliphatic rings. The lowest BCUT2D eigenvalue weighted by molar-refractivity contribution is -0.119. The Bertz CT molecular complexity index is 716. The Hall–Kier alpha value is -1.79. The van der Waals surface area contributed by atoms with E-state index in [1.165, 1.54) is 0 Å². The second-order valence-electron chi connectivity index (χ2n) is 5.29. The van der Waals surface area contributed by atoms with Crippen molar-refractivity contribution in [3.05, 3.63) is 51.4 Å². The highest BCUT2D eigenvalue weighted by atomic mass is 79.9. The normalized spacial score (nSPS) is 14.1. The van der Waals surface area contributed by atoms with Crippen molar-refractivity contribution >= 4 is 27.7 Å². The van der Waals surface area contributed by atoms with E-state index >= 15 is 0 Å². The molecular weight excluding hydrogens is 346 g/mol. The molecule has 0 saturated heterocycles. The van der Waals surface area contributed by atoms with Crippen LogP contribution in [0.15, 0.2) is 28.7 Å². The fourth-order valence-corrected chi connectivity index (χ4v) is 2.91. The summed E-state index contributed by atoms with van der Waals surface area (Å²) in [4.78, 5) is 22.7. The van der Waals surface area contributed by atoms with Crippen molar-refractivity contribution in [1.29, 1.82) is 0 Å². The minimum atomic E-state index is -0.228. The molecule has 0 aliphatic carbocycles. The smallest absolute Gasteiger partial charge is 0.228 e. The van der Waals surface area contributed by atoms with Crippen LogP contribution in [0.3, 0.4) is 0 Å². The van der Waals surface area contributed by atoms with Gasteiger partial charge in [0.1, 0.15) is 12.4 Å². The molecule has 2 heterocycles. The molecule has 1 aromatic heterocycles. The van der Waals surface area contributed by atoms with Crippen LogP contribution in [-0.2, 0) is 24.4 Å². The second kappa shape index (κ2) is 6.14. The average molecular weight is 362 g/mol. The largest absolute Gasteiger partial charge is 0.388 e. The number of carbonyl (C=O) groups excluding carboxylic acids is 1. The lowest BCUT2D eigenvalue weighted by Crippen LogP contribution is -2.36. The minimum Gasteiger partial charge on any atom is -0.388 e. The number of aliphatic hydroxyl groups excluding tert-OH is 1. The van der Waals surface area contributed by atoms with E-state index in [9.17, 15) is 9.90 Å². The molecule has 1 aromatic carbocycles. The van der Waals surface area contributed by atoms with Crippen molar-refractivity contribution in [3.63, 3.8) is 0 Å². The number of hydrogen-bond acceptors (Lipinski definition) is 4. The van der Waals surface area contributed by atoms with Crippen molar-refractivity contribution in [2.45, 2.75) is 32.9 Å². The van der Waals surface area contributed by atoms with Crippen LogP contribution < -0.4 is 4.90 Å². The number of anilines is 1. The first-order valence-electron chi connectivity index (χ1n) is 7.10. The summed E-state index contributed by atoms with van der Waals surface area (Å²) in [6.45, 7) is 2.14. The maximum absolute atomic E-state index is 12.3. The van der Waals surface area contributed by atoms with Gasteiger partial charge in [-0.1, -0.05) is 28.1 Å². The van der Waals surface area contributed by atoms with E-state index in [0.717, 1.165) is 21.3 Å². The maximum Gasteiger partial charge on any atom is 0.228 e. The van der Waals surface area contributed by atoms with Gasteiger partial charge in [-0.3, -0.25) is 9.69 Å². The first-order valence-corrected chi connectivity index (χ1v) is 7.90. The highest BCUT2D eigenvalue weighted by Gasteiger charge is 2.28. The van der Waals surface area contributed by atoms with Gasteiger partial charge in [0.05, 0.1) is 6.54 Å². The number of carbonyl (C=O) groups is 1. The van der Waals surface area contributed by atoms with Crippen LogP contribution >= 0.6 is 15.9 Å². The standard InChI is InChI=1S/C16H16BrN3O2/c1-10-13-6-7-15(22)20(16(13)19-14(9-21)18-10)8-11-2-4-12(17)5-3-11/h2-5,21H,6-9H2,1H3. The summed E-state index contributed by atoms with van der Waals surface area (Å²) in [5, 5.41) is 9.30. The van der Waals surface area contributed by atoms with Crippen LogP contribution in [0.2, 0.25) is 0 Å². The number of aliphatic hydroxyl groups is 1. The fourth-order valence-electron chi connectivity index (χ4n) is 2.64. The Kier molecular flexibility index (Phi) is 4.22. The van der Waals surface area contributed by atoms with Gasteiger partial charge in [-0.25, -0.2) is 9.97 Å². The summed E-state index contributed by atoms with van der Waals surface area (Å²) in [5.41, 5.74) is 2.86. The van der Waals surface area contributed by atoms with Crippen molar-refractivity contribution in [1.82, 2.24) is 9.97 Å². The molecule has 22 heavy (non-hydrogen) atoms. The predicted molar refractivity (Wildman–Crippen MR) is 86.3 cm³/mol. The second-order valence-corrected chi connectivity index (χ2v) is 6.21. The number of aromatic nitrogens is 2. The quantitative estimate of drug-likeness (QED) is 0.911. The lowest BCUT2D eigenvalue weighted by Gasteiger charge is -2.29. The maximum atomic E-state index is 12.3. The van der Waals surface area contributed by atoms with Crippen LogP contribution in [0.4, 0.5) is 5.82 Å². The number of benzene rings is 1. The van der Waals surface area contributed by atoms with E-state index < -0.39 is 0 Å². The topological polar surface area (TPSA) is 66.3 Å². The van der Waals surface area contributed by atoms with Gasteiger partial charge in [0, 0.05) is 22.2 Å². The molecule has 2 aromatic rings. The third-order valence-corrected chi connectivity index (χ3v) is 4.31. The third kappa shape index (κ3) is 2.89. The van der Waals surface area contributed by atoms with Gasteiger partial charge in [-0.15, -0.1) is 0 Å². The zero-order chi connectivity index (χ0) is 15.7. The number of amides is 1. The highest BCUT2D eigenvalue weighted by Crippen LogP contribution is 2.29. The molecule has 5 nitrogen and oxygen atoms in total. The monoisotopic (exact) mass is 361 g/mol. The van der Waals surface area contributed by atoms with Gasteiger partial charge in [-0.2, -0.15) is 0 Å². The number of halogens is 1. The number of rotatable bonds is 3. The molecule has 0 unspecified atom stereocenters. The first-order chi connectivity index (χ1) is 10.6. The SMILES string of the molecule is Cc1nc(CO)nc2c1CCC(=O)N2Cc1ccc(Br)cc1. The molecule has 1 aliphatic heterocycles. The Morgan fingerprint density at radius 3 is 2.64 bits per heavy atom. The van der Waals surface area contributed by atoms with Crippen LogP contribution in [0.25, 0.3) is 0 Å². The molecule has 3 rings (SSSR count). The van der Waals surface area contributed by atoms with E-state index in [1.807, 2.05) is 31.2 Å². The van der Waals surface area contributed by atoms with Crippen LogP contribution in [0.5, 0.6) is 0 Å². The van der Waals surface area contributed by atoms with Gasteiger partial charge in [-0.05, 0) is 31.0 Å². The van der Waals surface area contributed by atoms with Crippen LogP contribution in [0, 0.1) is 6.92 Å². The number of hydrogen-bond donors (Lipinski definition) is 1. The van der Waals surface area contributed by atoms with Gasteiger partial charge >= 0.3 is 0 Å². The van der Waals surface area contributed by atoms with Crippen molar-refractivity contribution in [2.24, 2.45) is 0 Å². The Balaban J connectivity index is 1.99. The molecule has 6 heteroatoms. The first kappa shape index (κ1) is 15.1. The van der Waals surface area contributed by atoms with E-state index in [0.29, 0.717) is 31.0 Å². The van der Waals surface area contributed by atoms with Gasteiger partial charge in [0.25, 0.3) is 0 Å². The van der Waals surface area contributed by atoms with E-state index in [1.54, 1.807) is 4.90 Å². The Morgan fingerprint density at radius 1 is 1.23 bits per heavy atom. The van der Waals surface area contributed by atoms with Crippen LogP contribution in [-0.4, -0.2) is 21.0 Å². The molecule has 0 saturated carbocycles. The molecule has 0 fully saturated rings. The molecule has 0 radical (unpaired) electrons.